The van der Waals surface area contributed by atoms with Crippen molar-refractivity contribution >= 4 is 16.0 Å². The summed E-state index contributed by atoms with van der Waals surface area (Å²) in [5.41, 5.74) is -0.0434. The number of hydrogen-bond acceptors (Lipinski definition) is 4. The summed E-state index contributed by atoms with van der Waals surface area (Å²) in [5.74, 6) is -1.15. The average Bonchev–Trinajstić information content (AvgIpc) is 2.35. The minimum atomic E-state index is -3.64. The Labute approximate surface area is 106 Å². The Morgan fingerprint density at radius 3 is 2.67 bits per heavy atom. The number of aromatic carboxylic acids is 1. The van der Waals surface area contributed by atoms with Gasteiger partial charge in [-0.25, -0.2) is 13.2 Å². The normalized spacial score (nSPS) is 11.7. The standard InChI is InChI=1S/C11H16N2O4S/c1-12-6-7-13(2)18(16,17)10-5-3-4-9(8-10)11(14)15/h3-5,8,12H,6-7H2,1-2H3,(H,14,15). The quantitative estimate of drug-likeness (QED) is 0.774. The van der Waals surface area contributed by atoms with E-state index < -0.39 is 16.0 Å². The van der Waals surface area contributed by atoms with Crippen LogP contribution in [0.4, 0.5) is 0 Å². The van der Waals surface area contributed by atoms with Crippen molar-refractivity contribution < 1.29 is 18.3 Å². The van der Waals surface area contributed by atoms with E-state index in [0.717, 1.165) is 6.07 Å². The number of likely N-dealkylation sites (N-methyl/N-ethyl adjacent to an activating group) is 2. The Bertz CT molecular complexity index is 528. The third kappa shape index (κ3) is 3.28. The molecule has 0 radical (unpaired) electrons. The second kappa shape index (κ2) is 5.94. The summed E-state index contributed by atoms with van der Waals surface area (Å²) in [6.45, 7) is 0.838. The van der Waals surface area contributed by atoms with Gasteiger partial charge in [0.05, 0.1) is 10.5 Å². The second-order valence-corrected chi connectivity index (χ2v) is 5.81. The van der Waals surface area contributed by atoms with E-state index in [1.54, 1.807) is 7.05 Å². The first-order valence-electron chi connectivity index (χ1n) is 5.34. The fourth-order valence-corrected chi connectivity index (χ4v) is 2.58. The second-order valence-electron chi connectivity index (χ2n) is 3.76. The van der Waals surface area contributed by atoms with Crippen LogP contribution in [-0.4, -0.2) is 51.0 Å². The SMILES string of the molecule is CNCCN(C)S(=O)(=O)c1cccc(C(=O)O)c1. The summed E-state index contributed by atoms with van der Waals surface area (Å²) in [7, 11) is -0.451. The van der Waals surface area contributed by atoms with E-state index in [1.807, 2.05) is 0 Å². The molecule has 0 heterocycles. The zero-order valence-electron chi connectivity index (χ0n) is 10.3. The van der Waals surface area contributed by atoms with E-state index in [2.05, 4.69) is 5.32 Å². The third-order valence-corrected chi connectivity index (χ3v) is 4.32. The molecule has 0 amide bonds. The monoisotopic (exact) mass is 272 g/mol. The lowest BCUT2D eigenvalue weighted by Gasteiger charge is -2.17. The first-order chi connectivity index (χ1) is 8.39. The van der Waals surface area contributed by atoms with E-state index in [0.29, 0.717) is 13.1 Å². The fourth-order valence-electron chi connectivity index (χ4n) is 1.36. The van der Waals surface area contributed by atoms with Crippen molar-refractivity contribution in [2.45, 2.75) is 4.90 Å². The molecule has 1 aromatic rings. The Hall–Kier alpha value is -1.44. The summed E-state index contributed by atoms with van der Waals surface area (Å²) >= 11 is 0. The molecular formula is C11H16N2O4S. The summed E-state index contributed by atoms with van der Waals surface area (Å²) in [5, 5.41) is 11.7. The highest BCUT2D eigenvalue weighted by molar-refractivity contribution is 7.89. The smallest absolute Gasteiger partial charge is 0.335 e. The van der Waals surface area contributed by atoms with Gasteiger partial charge in [-0.3, -0.25) is 0 Å². The molecule has 0 fully saturated rings. The Kier molecular flexibility index (Phi) is 4.83. The van der Waals surface area contributed by atoms with Crippen molar-refractivity contribution in [2.24, 2.45) is 0 Å². The molecule has 7 heteroatoms. The number of nitrogens with zero attached hydrogens (tertiary/aromatic N) is 1. The largest absolute Gasteiger partial charge is 0.478 e. The van der Waals surface area contributed by atoms with E-state index in [9.17, 15) is 13.2 Å². The minimum absolute atomic E-state index is 0.0130. The van der Waals surface area contributed by atoms with Crippen LogP contribution in [-0.2, 0) is 10.0 Å². The molecule has 6 nitrogen and oxygen atoms in total. The number of hydrogen-bond donors (Lipinski definition) is 2. The highest BCUT2D eigenvalue weighted by Crippen LogP contribution is 2.15. The molecule has 0 atom stereocenters. The molecule has 0 aliphatic heterocycles. The molecule has 0 spiro atoms. The number of carbonyl (C=O) groups is 1. The number of benzene rings is 1. The molecule has 0 aliphatic rings. The van der Waals surface area contributed by atoms with Gasteiger partial charge in [0.15, 0.2) is 0 Å². The van der Waals surface area contributed by atoms with Crippen LogP contribution in [0.25, 0.3) is 0 Å². The van der Waals surface area contributed by atoms with Crippen LogP contribution < -0.4 is 5.32 Å². The van der Waals surface area contributed by atoms with Crippen LogP contribution in [0.1, 0.15) is 10.4 Å². The van der Waals surface area contributed by atoms with Gasteiger partial charge in [0.25, 0.3) is 0 Å². The number of carboxylic acid groups (broad SMARTS) is 1. The van der Waals surface area contributed by atoms with Crippen molar-refractivity contribution in [3.8, 4) is 0 Å². The lowest BCUT2D eigenvalue weighted by atomic mass is 10.2. The predicted molar refractivity (Wildman–Crippen MR) is 67.1 cm³/mol. The Morgan fingerprint density at radius 2 is 2.11 bits per heavy atom. The van der Waals surface area contributed by atoms with Gasteiger partial charge in [-0.15, -0.1) is 0 Å². The summed E-state index contributed by atoms with van der Waals surface area (Å²) in [4.78, 5) is 10.8. The van der Waals surface area contributed by atoms with Crippen LogP contribution in [0.5, 0.6) is 0 Å². The number of carboxylic acids is 1. The van der Waals surface area contributed by atoms with Crippen LogP contribution in [0.3, 0.4) is 0 Å². The summed E-state index contributed by atoms with van der Waals surface area (Å²) < 4.78 is 25.4. The maximum Gasteiger partial charge on any atom is 0.335 e. The van der Waals surface area contributed by atoms with Gasteiger partial charge in [-0.05, 0) is 25.2 Å². The molecule has 0 saturated heterocycles. The van der Waals surface area contributed by atoms with Crippen molar-refractivity contribution in [2.75, 3.05) is 27.2 Å². The molecule has 0 aromatic heterocycles. The van der Waals surface area contributed by atoms with Crippen molar-refractivity contribution in [3.63, 3.8) is 0 Å². The fraction of sp³-hybridized carbons (Fsp3) is 0.364. The van der Waals surface area contributed by atoms with E-state index in [1.165, 1.54) is 29.6 Å². The van der Waals surface area contributed by atoms with Crippen LogP contribution >= 0.6 is 0 Å². The summed E-state index contributed by atoms with van der Waals surface area (Å²) in [6.07, 6.45) is 0. The lowest BCUT2D eigenvalue weighted by molar-refractivity contribution is 0.0696. The van der Waals surface area contributed by atoms with Gasteiger partial charge in [-0.1, -0.05) is 6.07 Å². The van der Waals surface area contributed by atoms with Gasteiger partial charge in [0.2, 0.25) is 10.0 Å². The third-order valence-electron chi connectivity index (χ3n) is 2.47. The lowest BCUT2D eigenvalue weighted by Crippen LogP contribution is -2.32. The predicted octanol–water partition coefficient (Wildman–Crippen LogP) is 0.225. The van der Waals surface area contributed by atoms with Crippen molar-refractivity contribution in [3.05, 3.63) is 29.8 Å². The molecule has 1 rings (SSSR count). The molecule has 1 aromatic carbocycles. The first kappa shape index (κ1) is 14.6. The maximum atomic E-state index is 12.1. The molecule has 2 N–H and O–H groups in total. The van der Waals surface area contributed by atoms with Crippen LogP contribution in [0.15, 0.2) is 29.2 Å². The van der Waals surface area contributed by atoms with Gasteiger partial charge < -0.3 is 10.4 Å². The Balaban J connectivity index is 3.04. The average molecular weight is 272 g/mol. The van der Waals surface area contributed by atoms with E-state index in [-0.39, 0.29) is 10.5 Å². The van der Waals surface area contributed by atoms with Gasteiger partial charge in [0.1, 0.15) is 0 Å². The zero-order valence-corrected chi connectivity index (χ0v) is 11.1. The first-order valence-corrected chi connectivity index (χ1v) is 6.78. The molecule has 0 unspecified atom stereocenters. The molecule has 0 saturated carbocycles. The topological polar surface area (TPSA) is 86.7 Å². The van der Waals surface area contributed by atoms with Crippen molar-refractivity contribution in [1.29, 1.82) is 0 Å². The number of sulfonamides is 1. The van der Waals surface area contributed by atoms with Gasteiger partial charge in [-0.2, -0.15) is 4.31 Å². The minimum Gasteiger partial charge on any atom is -0.478 e. The zero-order chi connectivity index (χ0) is 13.8. The van der Waals surface area contributed by atoms with Gasteiger partial charge in [0, 0.05) is 20.1 Å². The summed E-state index contributed by atoms with van der Waals surface area (Å²) in [6, 6.07) is 5.32. The molecule has 100 valence electrons. The highest BCUT2D eigenvalue weighted by atomic mass is 32.2. The van der Waals surface area contributed by atoms with Gasteiger partial charge >= 0.3 is 5.97 Å². The molecule has 0 bridgehead atoms. The molecular weight excluding hydrogens is 256 g/mol. The van der Waals surface area contributed by atoms with Crippen LogP contribution in [0, 0.1) is 0 Å². The van der Waals surface area contributed by atoms with Crippen molar-refractivity contribution in [1.82, 2.24) is 9.62 Å². The Morgan fingerprint density at radius 1 is 1.44 bits per heavy atom. The van der Waals surface area contributed by atoms with E-state index in [4.69, 9.17) is 5.11 Å². The number of rotatable bonds is 6. The molecule has 18 heavy (non-hydrogen) atoms. The number of nitrogens with one attached hydrogen (secondary N) is 1. The molecule has 0 aliphatic carbocycles. The highest BCUT2D eigenvalue weighted by Gasteiger charge is 2.21. The maximum absolute atomic E-state index is 12.1. The van der Waals surface area contributed by atoms with Crippen LogP contribution in [0.2, 0.25) is 0 Å². The van der Waals surface area contributed by atoms with E-state index >= 15 is 0 Å².